The van der Waals surface area contributed by atoms with Gasteiger partial charge in [0.25, 0.3) is 5.91 Å². The van der Waals surface area contributed by atoms with Crippen molar-refractivity contribution in [3.8, 4) is 17.3 Å². The number of amides is 2. The van der Waals surface area contributed by atoms with Crippen LogP contribution < -0.4 is 15.8 Å². The Bertz CT molecular complexity index is 1730. The van der Waals surface area contributed by atoms with Crippen LogP contribution in [0.4, 0.5) is 0 Å². The Hall–Kier alpha value is -3.96. The van der Waals surface area contributed by atoms with Gasteiger partial charge in [0, 0.05) is 48.3 Å². The molecule has 4 aromatic heterocycles. The Morgan fingerprint density at radius 1 is 1.14 bits per heavy atom. The fourth-order valence-electron chi connectivity index (χ4n) is 7.27. The Kier molecular flexibility index (Phi) is 7.09. The molecule has 0 aromatic carbocycles. The molecule has 3 aliphatic heterocycles. The average Bonchev–Trinajstić information content (AvgIpc) is 3.74. The van der Waals surface area contributed by atoms with E-state index < -0.39 is 0 Å². The van der Waals surface area contributed by atoms with Crippen LogP contribution in [0, 0.1) is 6.92 Å². The molecule has 11 nitrogen and oxygen atoms in total. The zero-order chi connectivity index (χ0) is 29.8. The molecule has 226 valence electrons. The van der Waals surface area contributed by atoms with Gasteiger partial charge >= 0.3 is 0 Å². The minimum Gasteiger partial charge on any atom is -0.482 e. The average molecular weight is 586 g/mol. The maximum atomic E-state index is 13.8. The van der Waals surface area contributed by atoms with Gasteiger partial charge in [0.1, 0.15) is 23.6 Å². The monoisotopic (exact) mass is 585 g/mol. The summed E-state index contributed by atoms with van der Waals surface area (Å²) in [5.74, 6) is 0.414. The van der Waals surface area contributed by atoms with E-state index in [1.165, 1.54) is 0 Å². The van der Waals surface area contributed by atoms with Gasteiger partial charge in [0.15, 0.2) is 5.88 Å². The number of imidazole rings is 1. The lowest BCUT2D eigenvalue weighted by molar-refractivity contribution is -0.126. The van der Waals surface area contributed by atoms with Crippen molar-refractivity contribution in [3.05, 3.63) is 47.3 Å². The molecule has 0 unspecified atom stereocenters. The highest BCUT2D eigenvalue weighted by Gasteiger charge is 2.47. The largest absolute Gasteiger partial charge is 0.482 e. The number of pyridine rings is 2. The van der Waals surface area contributed by atoms with Crippen LogP contribution in [0.3, 0.4) is 0 Å². The van der Waals surface area contributed by atoms with E-state index >= 15 is 0 Å². The van der Waals surface area contributed by atoms with Crippen LogP contribution >= 0.6 is 0 Å². The van der Waals surface area contributed by atoms with Crippen molar-refractivity contribution in [1.82, 2.24) is 29.2 Å². The summed E-state index contributed by atoms with van der Waals surface area (Å²) < 4.78 is 15.6. The smallest absolute Gasteiger partial charge is 0.254 e. The Morgan fingerprint density at radius 2 is 2.00 bits per heavy atom. The van der Waals surface area contributed by atoms with E-state index in [1.807, 2.05) is 41.3 Å². The number of carbonyl (C=O) groups excluding carboxylic acids is 2. The van der Waals surface area contributed by atoms with Crippen LogP contribution in [0.2, 0.25) is 0 Å². The van der Waals surface area contributed by atoms with Gasteiger partial charge in [-0.1, -0.05) is 0 Å². The third-order valence-corrected chi connectivity index (χ3v) is 9.43. The second-order valence-electron chi connectivity index (χ2n) is 12.2. The molecule has 2 amide bonds. The Balaban J connectivity index is 1.32. The molecule has 4 bridgehead atoms. The maximum absolute atomic E-state index is 13.8. The van der Waals surface area contributed by atoms with Gasteiger partial charge in [-0.2, -0.15) is 0 Å². The predicted molar refractivity (Wildman–Crippen MR) is 162 cm³/mol. The van der Waals surface area contributed by atoms with Crippen molar-refractivity contribution in [1.29, 1.82) is 0 Å². The fourth-order valence-corrected chi connectivity index (χ4v) is 7.27. The lowest BCUT2D eigenvalue weighted by atomic mass is 9.97. The number of carbonyl (C=O) groups is 2. The lowest BCUT2D eigenvalue weighted by Crippen LogP contribution is -2.40. The first kappa shape index (κ1) is 27.8. The molecule has 0 radical (unpaired) electrons. The second kappa shape index (κ2) is 10.9. The molecule has 3 N–H and O–H groups in total. The van der Waals surface area contributed by atoms with Gasteiger partial charge in [-0.15, -0.1) is 0 Å². The van der Waals surface area contributed by atoms with Crippen molar-refractivity contribution in [3.63, 3.8) is 0 Å². The summed E-state index contributed by atoms with van der Waals surface area (Å²) in [6.45, 7) is 5.34. The first-order valence-corrected chi connectivity index (χ1v) is 15.4. The molecule has 43 heavy (non-hydrogen) atoms. The number of nitrogens with two attached hydrogens (primary N) is 1. The van der Waals surface area contributed by atoms with Crippen molar-refractivity contribution in [2.24, 2.45) is 5.73 Å². The third-order valence-electron chi connectivity index (χ3n) is 9.43. The third kappa shape index (κ3) is 4.75. The number of methoxy groups -OCH3 is 1. The molecule has 7 rings (SSSR count). The van der Waals surface area contributed by atoms with E-state index in [0.29, 0.717) is 23.7 Å². The quantitative estimate of drug-likeness (QED) is 0.375. The predicted octanol–water partition coefficient (Wildman–Crippen LogP) is 3.75. The number of fused-ring (bicyclic) bond motifs is 4. The standard InChI is InChI=1S/C32H39N7O4/c1-18-24-9-7-20-13-26(37(31(20)35-24)11-5-4-6-12-43-17-28(40)34-18)30-19(2)38-27(36-30)14-21(15-29(38)42-3)32(41)39-22-8-10-25(39)23(33)16-22/h7,9,13-15,18,22-23,25H,4-6,8,10-12,16-17,33H2,1-3H3,(H,34,40)/t18-,22+,23-,25-/m1/s1. The highest BCUT2D eigenvalue weighted by Crippen LogP contribution is 2.39. The fraction of sp³-hybridized carbons (Fsp3) is 0.500. The SMILES string of the molecule is COc1cc(C(=O)N2[C@H]3CC[C@@H]2[C@H](N)C3)cc2nc(-c3cc4ccc5nc4n3CCCCCOCC(=O)N[C@@H]5C)c(C)n12. The van der Waals surface area contributed by atoms with E-state index in [1.54, 1.807) is 7.11 Å². The summed E-state index contributed by atoms with van der Waals surface area (Å²) in [5.41, 5.74) is 11.9. The van der Waals surface area contributed by atoms with E-state index in [2.05, 4.69) is 22.0 Å². The zero-order valence-corrected chi connectivity index (χ0v) is 25.0. The van der Waals surface area contributed by atoms with Crippen LogP contribution in [0.5, 0.6) is 5.88 Å². The van der Waals surface area contributed by atoms with Gasteiger partial charge in [0.05, 0.1) is 30.2 Å². The number of nitrogens with one attached hydrogen (secondary N) is 1. The summed E-state index contributed by atoms with van der Waals surface area (Å²) in [5, 5.41) is 4.00. The highest BCUT2D eigenvalue weighted by molar-refractivity contribution is 5.96. The van der Waals surface area contributed by atoms with Crippen LogP contribution in [0.25, 0.3) is 28.1 Å². The molecule has 3 aliphatic rings. The first-order chi connectivity index (χ1) is 20.8. The van der Waals surface area contributed by atoms with E-state index in [9.17, 15) is 9.59 Å². The van der Waals surface area contributed by atoms with Gasteiger partial charge in [-0.25, -0.2) is 9.97 Å². The van der Waals surface area contributed by atoms with Crippen molar-refractivity contribution < 1.29 is 19.1 Å². The molecule has 0 spiro atoms. The summed E-state index contributed by atoms with van der Waals surface area (Å²) in [6, 6.07) is 9.93. The molecule has 7 heterocycles. The summed E-state index contributed by atoms with van der Waals surface area (Å²) in [7, 11) is 1.62. The number of hydrogen-bond acceptors (Lipinski definition) is 7. The highest BCUT2D eigenvalue weighted by atomic mass is 16.5. The minimum absolute atomic E-state index is 0.00681. The van der Waals surface area contributed by atoms with Crippen LogP contribution in [-0.4, -0.2) is 74.1 Å². The van der Waals surface area contributed by atoms with E-state index in [0.717, 1.165) is 78.9 Å². The zero-order valence-electron chi connectivity index (χ0n) is 25.0. The minimum atomic E-state index is -0.257. The number of hydrogen-bond donors (Lipinski definition) is 2. The second-order valence-corrected chi connectivity index (χ2v) is 12.2. The Labute approximate surface area is 250 Å². The normalized spacial score (nSPS) is 24.6. The van der Waals surface area contributed by atoms with Crippen LogP contribution in [-0.2, 0) is 16.1 Å². The summed E-state index contributed by atoms with van der Waals surface area (Å²) >= 11 is 0. The van der Waals surface area contributed by atoms with Crippen molar-refractivity contribution in [2.45, 2.75) is 83.1 Å². The van der Waals surface area contributed by atoms with Crippen molar-refractivity contribution >= 4 is 28.5 Å². The van der Waals surface area contributed by atoms with E-state index in [4.69, 9.17) is 25.2 Å². The molecule has 0 aliphatic carbocycles. The molecule has 4 aromatic rings. The van der Waals surface area contributed by atoms with Gasteiger partial charge < -0.3 is 30.0 Å². The topological polar surface area (TPSA) is 129 Å². The number of ether oxygens (including phenoxy) is 2. The molecule has 4 atom stereocenters. The van der Waals surface area contributed by atoms with Crippen LogP contribution in [0.15, 0.2) is 30.3 Å². The van der Waals surface area contributed by atoms with Gasteiger partial charge in [-0.3, -0.25) is 14.0 Å². The molecular formula is C32H39N7O4. The summed E-state index contributed by atoms with van der Waals surface area (Å²) in [6.07, 6.45) is 5.60. The summed E-state index contributed by atoms with van der Waals surface area (Å²) in [4.78, 5) is 38.2. The molecule has 2 fully saturated rings. The van der Waals surface area contributed by atoms with Gasteiger partial charge in [0.2, 0.25) is 5.91 Å². The molecule has 0 saturated carbocycles. The van der Waals surface area contributed by atoms with Crippen molar-refractivity contribution in [2.75, 3.05) is 20.3 Å². The number of aromatic nitrogens is 4. The van der Waals surface area contributed by atoms with Gasteiger partial charge in [-0.05, 0) is 76.6 Å². The van der Waals surface area contributed by atoms with Crippen LogP contribution in [0.1, 0.15) is 73.2 Å². The first-order valence-electron chi connectivity index (χ1n) is 15.4. The molecule has 11 heteroatoms. The number of aryl methyl sites for hydroxylation is 2. The maximum Gasteiger partial charge on any atom is 0.254 e. The Morgan fingerprint density at radius 3 is 2.77 bits per heavy atom. The molecular weight excluding hydrogens is 546 g/mol. The van der Waals surface area contributed by atoms with E-state index in [-0.39, 0.29) is 42.6 Å². The molecule has 2 saturated heterocycles. The number of nitrogens with zero attached hydrogens (tertiary/aromatic N) is 5. The lowest BCUT2D eigenvalue weighted by Gasteiger charge is -2.23. The number of rotatable bonds is 3.